The van der Waals surface area contributed by atoms with Gasteiger partial charge in [-0.1, -0.05) is 48.0 Å². The minimum absolute atomic E-state index is 0.886. The maximum atomic E-state index is 10.3. The molecule has 2 heterocycles. The average molecular weight is 548 g/mol. The highest BCUT2D eigenvalue weighted by Crippen LogP contribution is 2.24. The Morgan fingerprint density at radius 1 is 0.800 bits per heavy atom. The summed E-state index contributed by atoms with van der Waals surface area (Å²) in [6, 6.07) is 21.6. The molecular weight excluding hydrogens is 514 g/mol. The normalized spacial score (nSPS) is 11.2. The van der Waals surface area contributed by atoms with E-state index < -0.39 is 36.4 Å². The molecule has 10 heteroatoms. The number of para-hydroxylation sites is 1. The Hall–Kier alpha value is -4.54. The fourth-order valence-corrected chi connectivity index (χ4v) is 4.30. The zero-order valence-corrected chi connectivity index (χ0v) is 22.4. The van der Waals surface area contributed by atoms with Gasteiger partial charge in [0, 0.05) is 48.6 Å². The predicted octanol–water partition coefficient (Wildman–Crippen LogP) is 4.13. The van der Waals surface area contributed by atoms with Gasteiger partial charge in [-0.25, -0.2) is 4.79 Å². The Balaban J connectivity index is 0.000000289. The van der Waals surface area contributed by atoms with E-state index in [1.165, 1.54) is 38.9 Å². The number of nitrogens with zero attached hydrogens (tertiary/aromatic N) is 2. The first-order chi connectivity index (χ1) is 19.0. The summed E-state index contributed by atoms with van der Waals surface area (Å²) in [6.45, 7) is 7.04. The summed E-state index contributed by atoms with van der Waals surface area (Å²) in [5, 5.41) is 35.1. The first kappa shape index (κ1) is 30.0. The maximum absolute atomic E-state index is 10.3. The highest BCUT2D eigenvalue weighted by atomic mass is 16.4. The molecule has 5 N–H and O–H groups in total. The van der Waals surface area contributed by atoms with Crippen LogP contribution >= 0.6 is 0 Å². The molecule has 0 saturated heterocycles. The molecule has 4 rings (SSSR count). The van der Waals surface area contributed by atoms with Crippen LogP contribution in [0.15, 0.2) is 73.1 Å². The van der Waals surface area contributed by atoms with Gasteiger partial charge < -0.3 is 25.4 Å². The quantitative estimate of drug-likeness (QED) is 0.186. The molecule has 0 saturated carbocycles. The molecule has 0 radical (unpaired) electrons. The number of carboxylic acid groups (broad SMARTS) is 3. The predicted molar refractivity (Wildman–Crippen MR) is 148 cm³/mol. The number of aliphatic hydroxyl groups is 1. The molecule has 0 amide bonds. The van der Waals surface area contributed by atoms with Crippen molar-refractivity contribution in [1.82, 2.24) is 14.9 Å². The van der Waals surface area contributed by atoms with Crippen molar-refractivity contribution in [3.05, 3.63) is 101 Å². The molecule has 2 aromatic heterocycles. The van der Waals surface area contributed by atoms with Crippen molar-refractivity contribution in [3.63, 3.8) is 0 Å². The Bertz CT molecular complexity index is 1430. The van der Waals surface area contributed by atoms with Gasteiger partial charge in [-0.2, -0.15) is 0 Å². The number of pyridine rings is 1. The van der Waals surface area contributed by atoms with Crippen LogP contribution in [0.3, 0.4) is 0 Å². The molecule has 0 unspecified atom stereocenters. The van der Waals surface area contributed by atoms with E-state index in [0.29, 0.717) is 0 Å². The number of benzene rings is 2. The van der Waals surface area contributed by atoms with Gasteiger partial charge in [0.15, 0.2) is 5.60 Å². The van der Waals surface area contributed by atoms with Crippen molar-refractivity contribution < 1.29 is 34.8 Å². The van der Waals surface area contributed by atoms with Crippen molar-refractivity contribution in [2.75, 3.05) is 0 Å². The fourth-order valence-electron chi connectivity index (χ4n) is 4.30. The lowest BCUT2D eigenvalue weighted by atomic mass is 9.96. The van der Waals surface area contributed by atoms with Crippen LogP contribution in [0.25, 0.3) is 10.9 Å². The van der Waals surface area contributed by atoms with Gasteiger partial charge in [-0.15, -0.1) is 0 Å². The molecule has 4 aromatic rings. The molecule has 0 atom stereocenters. The van der Waals surface area contributed by atoms with Crippen LogP contribution < -0.4 is 0 Å². The number of aromatic amines is 1. The van der Waals surface area contributed by atoms with Gasteiger partial charge in [-0.3, -0.25) is 19.5 Å². The summed E-state index contributed by atoms with van der Waals surface area (Å²) in [7, 11) is 0. The average Bonchev–Trinajstić information content (AvgIpc) is 3.20. The maximum Gasteiger partial charge on any atom is 0.336 e. The van der Waals surface area contributed by atoms with Crippen molar-refractivity contribution in [2.45, 2.75) is 51.9 Å². The molecule has 0 fully saturated rings. The lowest BCUT2D eigenvalue weighted by Gasteiger charge is -2.22. The number of rotatable bonds is 11. The van der Waals surface area contributed by atoms with Crippen molar-refractivity contribution in [3.8, 4) is 0 Å². The largest absolute Gasteiger partial charge is 0.481 e. The third kappa shape index (κ3) is 8.48. The highest BCUT2D eigenvalue weighted by molar-refractivity contribution is 5.88. The second-order valence-corrected chi connectivity index (χ2v) is 9.74. The van der Waals surface area contributed by atoms with Gasteiger partial charge in [0.25, 0.3) is 0 Å². The molecule has 2 aromatic carbocycles. The van der Waals surface area contributed by atoms with E-state index in [1.54, 1.807) is 0 Å². The standard InChI is InChI=1S/C24H25N3.C6H8O7/c1-18-7-9-20(10-8-18)15-27(16-21-11-13-25-14-12-21)17-24-19(2)22-5-3-4-6-23(22)26-24;7-3(8)1-6(13,5(11)12)2-4(9)10/h3-14,26H,15-17H2,1-2H3;13H,1-2H2,(H,7,8)(H,9,10)(H,11,12). The zero-order valence-electron chi connectivity index (χ0n) is 22.4. The van der Waals surface area contributed by atoms with Crippen LogP contribution in [0, 0.1) is 13.8 Å². The number of aromatic nitrogens is 2. The van der Waals surface area contributed by atoms with E-state index in [1.807, 2.05) is 12.4 Å². The van der Waals surface area contributed by atoms with E-state index in [-0.39, 0.29) is 0 Å². The molecular formula is C30H33N3O7. The number of carbonyl (C=O) groups is 3. The SMILES string of the molecule is Cc1ccc(CN(Cc2ccncc2)Cc2[nH]c3ccccc3c2C)cc1.O=C(O)CC(O)(CC(=O)O)C(=O)O. The summed E-state index contributed by atoms with van der Waals surface area (Å²) >= 11 is 0. The fraction of sp³-hybridized carbons (Fsp3) is 0.267. The third-order valence-corrected chi connectivity index (χ3v) is 6.42. The van der Waals surface area contributed by atoms with Crippen LogP contribution in [-0.4, -0.2) is 58.8 Å². The smallest absolute Gasteiger partial charge is 0.336 e. The summed E-state index contributed by atoms with van der Waals surface area (Å²) in [5.41, 5.74) is 5.02. The lowest BCUT2D eigenvalue weighted by Crippen LogP contribution is -2.42. The molecule has 210 valence electrons. The third-order valence-electron chi connectivity index (χ3n) is 6.42. The van der Waals surface area contributed by atoms with Crippen LogP contribution in [0.1, 0.15) is 40.8 Å². The number of hydrogen-bond donors (Lipinski definition) is 5. The number of fused-ring (bicyclic) bond motifs is 1. The molecule has 40 heavy (non-hydrogen) atoms. The van der Waals surface area contributed by atoms with E-state index in [9.17, 15) is 14.4 Å². The number of hydrogen-bond acceptors (Lipinski definition) is 6. The van der Waals surface area contributed by atoms with Gasteiger partial charge in [0.05, 0.1) is 12.8 Å². The lowest BCUT2D eigenvalue weighted by molar-refractivity contribution is -0.170. The van der Waals surface area contributed by atoms with E-state index in [4.69, 9.17) is 20.4 Å². The molecule has 0 bridgehead atoms. The van der Waals surface area contributed by atoms with E-state index in [2.05, 4.69) is 89.4 Å². The Morgan fingerprint density at radius 3 is 1.88 bits per heavy atom. The molecule has 0 aliphatic rings. The van der Waals surface area contributed by atoms with E-state index >= 15 is 0 Å². The summed E-state index contributed by atoms with van der Waals surface area (Å²) in [6.07, 6.45) is 1.45. The van der Waals surface area contributed by atoms with Crippen LogP contribution in [0.4, 0.5) is 0 Å². The number of carboxylic acids is 3. The molecule has 0 aliphatic carbocycles. The minimum Gasteiger partial charge on any atom is -0.481 e. The van der Waals surface area contributed by atoms with E-state index in [0.717, 1.165) is 19.6 Å². The monoisotopic (exact) mass is 547 g/mol. The second-order valence-electron chi connectivity index (χ2n) is 9.74. The van der Waals surface area contributed by atoms with Gasteiger partial charge in [0.2, 0.25) is 0 Å². The summed E-state index contributed by atoms with van der Waals surface area (Å²) in [4.78, 5) is 40.7. The second kappa shape index (κ2) is 13.5. The van der Waals surface area contributed by atoms with Crippen LogP contribution in [0.5, 0.6) is 0 Å². The number of aliphatic carboxylic acids is 3. The first-order valence-corrected chi connectivity index (χ1v) is 12.6. The molecule has 0 spiro atoms. The zero-order chi connectivity index (χ0) is 29.3. The van der Waals surface area contributed by atoms with Gasteiger partial charge >= 0.3 is 17.9 Å². The number of H-pyrrole nitrogens is 1. The molecule has 0 aliphatic heterocycles. The number of nitrogens with one attached hydrogen (secondary N) is 1. The molecule has 10 nitrogen and oxygen atoms in total. The number of aryl methyl sites for hydroxylation is 2. The summed E-state index contributed by atoms with van der Waals surface area (Å²) in [5.74, 6) is -5.02. The van der Waals surface area contributed by atoms with Gasteiger partial charge in [0.1, 0.15) is 0 Å². The Kier molecular flexibility index (Phi) is 10.1. The first-order valence-electron chi connectivity index (χ1n) is 12.6. The van der Waals surface area contributed by atoms with Gasteiger partial charge in [-0.05, 0) is 48.7 Å². The van der Waals surface area contributed by atoms with Crippen molar-refractivity contribution >= 4 is 28.8 Å². The Labute approximate surface area is 231 Å². The highest BCUT2D eigenvalue weighted by Gasteiger charge is 2.40. The van der Waals surface area contributed by atoms with Crippen molar-refractivity contribution in [1.29, 1.82) is 0 Å². The Morgan fingerprint density at radius 2 is 1.35 bits per heavy atom. The topological polar surface area (TPSA) is 164 Å². The minimum atomic E-state index is -2.74. The van der Waals surface area contributed by atoms with Crippen LogP contribution in [-0.2, 0) is 34.0 Å². The summed E-state index contributed by atoms with van der Waals surface area (Å²) < 4.78 is 0. The van der Waals surface area contributed by atoms with Crippen molar-refractivity contribution in [2.24, 2.45) is 0 Å². The van der Waals surface area contributed by atoms with Crippen LogP contribution in [0.2, 0.25) is 0 Å².